The third kappa shape index (κ3) is 2.45. The first-order chi connectivity index (χ1) is 11.6. The van der Waals surface area contributed by atoms with Crippen molar-refractivity contribution in [2.24, 2.45) is 46.3 Å². The summed E-state index contributed by atoms with van der Waals surface area (Å²) in [5.74, 6) is 0.904. The minimum absolute atomic E-state index is 0.0382. The molecule has 0 aromatic heterocycles. The van der Waals surface area contributed by atoms with Gasteiger partial charge in [-0.1, -0.05) is 45.4 Å². The predicted molar refractivity (Wildman–Crippen MR) is 99.7 cm³/mol. The van der Waals surface area contributed by atoms with E-state index >= 15 is 0 Å². The Morgan fingerprint density at radius 2 is 2.04 bits per heavy atom. The van der Waals surface area contributed by atoms with Crippen LogP contribution < -0.4 is 0 Å². The van der Waals surface area contributed by atoms with E-state index in [1.54, 1.807) is 0 Å². The molecule has 140 valence electrons. The zero-order chi connectivity index (χ0) is 18.7. The van der Waals surface area contributed by atoms with Gasteiger partial charge in [-0.15, -0.1) is 6.58 Å². The average molecular weight is 347 g/mol. The molecule has 0 spiro atoms. The highest BCUT2D eigenvalue weighted by molar-refractivity contribution is 5.75. The molecule has 25 heavy (non-hydrogen) atoms. The largest absolute Gasteiger partial charge is 0.469 e. The van der Waals surface area contributed by atoms with Crippen LogP contribution in [0.2, 0.25) is 0 Å². The summed E-state index contributed by atoms with van der Waals surface area (Å²) in [5.41, 5.74) is 0.868. The van der Waals surface area contributed by atoms with Gasteiger partial charge in [-0.2, -0.15) is 0 Å². The molecule has 1 N–H and O–H groups in total. The van der Waals surface area contributed by atoms with Crippen LogP contribution in [-0.2, 0) is 9.53 Å². The molecular weight excluding hydrogens is 312 g/mol. The summed E-state index contributed by atoms with van der Waals surface area (Å²) in [6.45, 7) is 15.2. The van der Waals surface area contributed by atoms with E-state index in [0.29, 0.717) is 11.8 Å². The number of hydrogen-bond donors (Lipinski definition) is 1. The molecule has 0 saturated heterocycles. The highest BCUT2D eigenvalue weighted by Gasteiger charge is 2.66. The molecular formula is C22H34O3. The van der Waals surface area contributed by atoms with Gasteiger partial charge in [0.25, 0.3) is 0 Å². The molecule has 0 heterocycles. The quantitative estimate of drug-likeness (QED) is 0.601. The summed E-state index contributed by atoms with van der Waals surface area (Å²) < 4.78 is 5.19. The molecule has 3 rings (SSSR count). The molecule has 0 aromatic rings. The van der Waals surface area contributed by atoms with Crippen molar-refractivity contribution < 1.29 is 14.6 Å². The van der Waals surface area contributed by atoms with Gasteiger partial charge in [-0.25, -0.2) is 0 Å². The van der Waals surface area contributed by atoms with E-state index in [1.807, 2.05) is 13.0 Å². The highest BCUT2D eigenvalue weighted by atomic mass is 16.5. The summed E-state index contributed by atoms with van der Waals surface area (Å²) in [5, 5.41) is 11.4. The van der Waals surface area contributed by atoms with Gasteiger partial charge >= 0.3 is 5.97 Å². The van der Waals surface area contributed by atoms with Crippen molar-refractivity contribution in [1.29, 1.82) is 0 Å². The average Bonchev–Trinajstić information content (AvgIpc) is 2.74. The van der Waals surface area contributed by atoms with E-state index in [4.69, 9.17) is 4.74 Å². The number of carbonyl (C=O) groups is 1. The molecule has 0 aromatic carbocycles. The Labute approximate surface area is 152 Å². The van der Waals surface area contributed by atoms with Crippen molar-refractivity contribution in [2.45, 2.75) is 53.6 Å². The number of ether oxygens (including phenoxy) is 1. The SMILES string of the molecule is C=C[C@@]1(C)C=C(C)[C@@H]2[C@H]([C@@H](O)[C@@H]3[C@@H](C)C[C@@H](C)C[C@]32C)[C@H]1C(=O)OC. The highest BCUT2D eigenvalue weighted by Crippen LogP contribution is 2.67. The van der Waals surface area contributed by atoms with Crippen LogP contribution in [0.5, 0.6) is 0 Å². The Hall–Kier alpha value is -1.09. The van der Waals surface area contributed by atoms with Gasteiger partial charge in [0.05, 0.1) is 19.1 Å². The summed E-state index contributed by atoms with van der Waals surface area (Å²) in [6.07, 6.45) is 5.87. The Morgan fingerprint density at radius 1 is 1.40 bits per heavy atom. The number of allylic oxidation sites excluding steroid dienone is 3. The fraction of sp³-hybridized carbons (Fsp3) is 0.773. The van der Waals surface area contributed by atoms with E-state index in [2.05, 4.69) is 40.3 Å². The maximum absolute atomic E-state index is 12.8. The molecule has 3 heteroatoms. The van der Waals surface area contributed by atoms with Gasteiger partial charge in [-0.3, -0.25) is 4.79 Å². The van der Waals surface area contributed by atoms with Crippen LogP contribution in [0.3, 0.4) is 0 Å². The van der Waals surface area contributed by atoms with Gasteiger partial charge in [-0.05, 0) is 48.9 Å². The summed E-state index contributed by atoms with van der Waals surface area (Å²) in [4.78, 5) is 12.8. The second-order valence-corrected chi connectivity index (χ2v) is 9.56. The zero-order valence-electron chi connectivity index (χ0n) is 16.6. The minimum atomic E-state index is -0.474. The molecule has 3 aliphatic rings. The number of hydrogen-bond acceptors (Lipinski definition) is 3. The van der Waals surface area contributed by atoms with Crippen LogP contribution in [-0.4, -0.2) is 24.3 Å². The molecule has 0 bridgehead atoms. The monoisotopic (exact) mass is 346 g/mol. The third-order valence-electron chi connectivity index (χ3n) is 7.77. The fourth-order valence-electron chi connectivity index (χ4n) is 7.36. The molecule has 0 aliphatic heterocycles. The van der Waals surface area contributed by atoms with Gasteiger partial charge in [0.2, 0.25) is 0 Å². The number of fused-ring (bicyclic) bond motifs is 3. The van der Waals surface area contributed by atoms with E-state index in [0.717, 1.165) is 12.8 Å². The summed E-state index contributed by atoms with van der Waals surface area (Å²) >= 11 is 0. The zero-order valence-corrected chi connectivity index (χ0v) is 16.6. The lowest BCUT2D eigenvalue weighted by Gasteiger charge is -2.49. The van der Waals surface area contributed by atoms with Crippen molar-refractivity contribution in [2.75, 3.05) is 7.11 Å². The van der Waals surface area contributed by atoms with Crippen molar-refractivity contribution >= 4 is 5.97 Å². The number of esters is 1. The number of aliphatic hydroxyl groups excluding tert-OH is 1. The predicted octanol–water partition coefficient (Wildman–Crippen LogP) is 4.22. The Morgan fingerprint density at radius 3 is 2.60 bits per heavy atom. The number of aliphatic hydroxyl groups is 1. The van der Waals surface area contributed by atoms with Gasteiger partial charge < -0.3 is 9.84 Å². The van der Waals surface area contributed by atoms with Crippen LogP contribution in [0.15, 0.2) is 24.3 Å². The van der Waals surface area contributed by atoms with Crippen molar-refractivity contribution in [3.63, 3.8) is 0 Å². The molecule has 0 unspecified atom stereocenters. The standard InChI is InChI=1S/C22H34O3/c1-8-21(5)11-14(4)16-15(18(21)20(24)25-7)19(23)17-13(3)9-12(2)10-22(16,17)6/h8,11-13,15-19,23H,1,9-10H2,2-7H3/t12-,13+,15+,16-,17+,18+,19-,21+,22+/m1/s1. The first-order valence-corrected chi connectivity index (χ1v) is 9.69. The fourth-order valence-corrected chi connectivity index (χ4v) is 7.36. The van der Waals surface area contributed by atoms with Crippen molar-refractivity contribution in [3.05, 3.63) is 24.3 Å². The molecule has 3 aliphatic carbocycles. The maximum atomic E-state index is 12.8. The second-order valence-electron chi connectivity index (χ2n) is 9.56. The number of methoxy groups -OCH3 is 1. The van der Waals surface area contributed by atoms with Gasteiger partial charge in [0.1, 0.15) is 0 Å². The smallest absolute Gasteiger partial charge is 0.310 e. The molecule has 2 fully saturated rings. The van der Waals surface area contributed by atoms with Gasteiger partial charge in [0, 0.05) is 11.3 Å². The minimum Gasteiger partial charge on any atom is -0.469 e. The Bertz CT molecular complexity index is 608. The van der Waals surface area contributed by atoms with Crippen LogP contribution in [0.25, 0.3) is 0 Å². The maximum Gasteiger partial charge on any atom is 0.310 e. The van der Waals surface area contributed by atoms with Crippen LogP contribution in [0.4, 0.5) is 0 Å². The lowest BCUT2D eigenvalue weighted by molar-refractivity contribution is -0.154. The lowest BCUT2D eigenvalue weighted by Crippen LogP contribution is -2.47. The van der Waals surface area contributed by atoms with Crippen LogP contribution in [0, 0.1) is 46.3 Å². The van der Waals surface area contributed by atoms with Crippen LogP contribution in [0.1, 0.15) is 47.5 Å². The Kier molecular flexibility index (Phi) is 4.47. The second kappa shape index (κ2) is 5.97. The van der Waals surface area contributed by atoms with Crippen LogP contribution >= 0.6 is 0 Å². The summed E-state index contributed by atoms with van der Waals surface area (Å²) in [6, 6.07) is 0. The molecule has 9 atom stereocenters. The van der Waals surface area contributed by atoms with Crippen molar-refractivity contribution in [3.8, 4) is 0 Å². The molecule has 0 amide bonds. The third-order valence-corrected chi connectivity index (χ3v) is 7.77. The van der Waals surface area contributed by atoms with E-state index in [-0.39, 0.29) is 35.1 Å². The number of rotatable bonds is 2. The molecule has 3 nitrogen and oxygen atoms in total. The summed E-state index contributed by atoms with van der Waals surface area (Å²) in [7, 11) is 1.45. The van der Waals surface area contributed by atoms with E-state index < -0.39 is 11.5 Å². The molecule has 0 radical (unpaired) electrons. The first kappa shape index (κ1) is 18.7. The topological polar surface area (TPSA) is 46.5 Å². The van der Waals surface area contributed by atoms with Gasteiger partial charge in [0.15, 0.2) is 0 Å². The van der Waals surface area contributed by atoms with Crippen molar-refractivity contribution in [1.82, 2.24) is 0 Å². The molecule has 2 saturated carbocycles. The van der Waals surface area contributed by atoms with E-state index in [9.17, 15) is 9.90 Å². The number of carbonyl (C=O) groups excluding carboxylic acids is 1. The van der Waals surface area contributed by atoms with E-state index in [1.165, 1.54) is 12.7 Å². The Balaban J connectivity index is 2.18. The lowest BCUT2D eigenvalue weighted by atomic mass is 9.54. The normalized spacial score (nSPS) is 52.0. The first-order valence-electron chi connectivity index (χ1n) is 9.69.